The van der Waals surface area contributed by atoms with Crippen molar-refractivity contribution in [3.05, 3.63) is 35.6 Å². The number of esters is 1. The zero-order chi connectivity index (χ0) is 13.9. The fourth-order valence-electron chi connectivity index (χ4n) is 1.37. The summed E-state index contributed by atoms with van der Waals surface area (Å²) < 4.78 is 31.9. The van der Waals surface area contributed by atoms with Crippen LogP contribution >= 0.6 is 0 Å². The summed E-state index contributed by atoms with van der Waals surface area (Å²) in [7, 11) is 0. The first-order valence-corrected chi connectivity index (χ1v) is 5.58. The predicted molar refractivity (Wildman–Crippen MR) is 64.1 cm³/mol. The molecule has 0 amide bonds. The zero-order valence-electron chi connectivity index (χ0n) is 10.6. The molecule has 1 aromatic rings. The molecule has 0 unspecified atom stereocenters. The molecular formula is C13H17F2NO2. The Labute approximate surface area is 105 Å². The van der Waals surface area contributed by atoms with Gasteiger partial charge in [-0.1, -0.05) is 12.1 Å². The molecular weight excluding hydrogens is 240 g/mol. The minimum Gasteiger partial charge on any atom is -0.459 e. The molecule has 0 heterocycles. The first-order valence-electron chi connectivity index (χ1n) is 5.58. The summed E-state index contributed by atoms with van der Waals surface area (Å²) in [4.78, 5) is 11.6. The summed E-state index contributed by atoms with van der Waals surface area (Å²) in [5.74, 6) is -1.43. The van der Waals surface area contributed by atoms with Crippen molar-refractivity contribution in [3.8, 4) is 0 Å². The van der Waals surface area contributed by atoms with E-state index >= 15 is 0 Å². The Balaban J connectivity index is 2.78. The van der Waals surface area contributed by atoms with Crippen LogP contribution in [0.5, 0.6) is 0 Å². The van der Waals surface area contributed by atoms with Crippen LogP contribution in [0.1, 0.15) is 32.5 Å². The fraction of sp³-hybridized carbons (Fsp3) is 0.462. The number of benzene rings is 1. The molecule has 0 saturated heterocycles. The average molecular weight is 257 g/mol. The molecule has 100 valence electrons. The lowest BCUT2D eigenvalue weighted by Crippen LogP contribution is -2.40. The third-order valence-corrected chi connectivity index (χ3v) is 2.16. The van der Waals surface area contributed by atoms with Gasteiger partial charge in [-0.2, -0.15) is 0 Å². The van der Waals surface area contributed by atoms with E-state index in [1.54, 1.807) is 20.8 Å². The van der Waals surface area contributed by atoms with E-state index in [1.165, 1.54) is 18.2 Å². The molecule has 5 heteroatoms. The van der Waals surface area contributed by atoms with Crippen molar-refractivity contribution in [1.29, 1.82) is 0 Å². The summed E-state index contributed by atoms with van der Waals surface area (Å²) >= 11 is 0. The number of carbonyl (C=O) groups excluding carboxylic acids is 1. The Morgan fingerprint density at radius 2 is 2.00 bits per heavy atom. The van der Waals surface area contributed by atoms with E-state index in [0.717, 1.165) is 6.07 Å². The van der Waals surface area contributed by atoms with Crippen LogP contribution in [0.4, 0.5) is 8.78 Å². The van der Waals surface area contributed by atoms with E-state index in [2.05, 4.69) is 0 Å². The highest BCUT2D eigenvalue weighted by molar-refractivity contribution is 5.77. The van der Waals surface area contributed by atoms with Crippen molar-refractivity contribution in [1.82, 2.24) is 0 Å². The third kappa shape index (κ3) is 4.07. The van der Waals surface area contributed by atoms with Gasteiger partial charge >= 0.3 is 5.97 Å². The Morgan fingerprint density at radius 1 is 1.39 bits per heavy atom. The summed E-state index contributed by atoms with van der Waals surface area (Å²) in [5, 5.41) is 0. The van der Waals surface area contributed by atoms with E-state index in [-0.39, 0.29) is 5.56 Å². The monoisotopic (exact) mass is 257 g/mol. The lowest BCUT2D eigenvalue weighted by Gasteiger charge is -2.23. The second kappa shape index (κ2) is 5.44. The standard InChI is InChI=1S/C13H17F2NO2/c1-13(2,3)18-12(17)11(16)10(15)8-5-4-6-9(14)7-8/h4-7,10-11H,16H2,1-3H3/t10-,11-/m0/s1. The van der Waals surface area contributed by atoms with Gasteiger partial charge in [-0.3, -0.25) is 4.79 Å². The molecule has 0 aliphatic heterocycles. The highest BCUT2D eigenvalue weighted by atomic mass is 19.1. The second-order valence-electron chi connectivity index (χ2n) is 5.02. The van der Waals surface area contributed by atoms with Gasteiger partial charge < -0.3 is 10.5 Å². The van der Waals surface area contributed by atoms with Gasteiger partial charge in [0.2, 0.25) is 0 Å². The number of nitrogens with two attached hydrogens (primary N) is 1. The Bertz CT molecular complexity index is 429. The lowest BCUT2D eigenvalue weighted by atomic mass is 10.0. The van der Waals surface area contributed by atoms with Crippen LogP contribution in [-0.2, 0) is 9.53 Å². The molecule has 0 spiro atoms. The highest BCUT2D eigenvalue weighted by Crippen LogP contribution is 2.23. The van der Waals surface area contributed by atoms with Gasteiger partial charge in [-0.25, -0.2) is 8.78 Å². The number of carbonyl (C=O) groups is 1. The molecule has 3 nitrogen and oxygen atoms in total. The molecule has 18 heavy (non-hydrogen) atoms. The Morgan fingerprint density at radius 3 is 2.50 bits per heavy atom. The van der Waals surface area contributed by atoms with Gasteiger partial charge in [0, 0.05) is 0 Å². The molecule has 0 radical (unpaired) electrons. The maximum Gasteiger partial charge on any atom is 0.326 e. The first kappa shape index (κ1) is 14.6. The number of hydrogen-bond donors (Lipinski definition) is 1. The number of hydrogen-bond acceptors (Lipinski definition) is 3. The molecule has 1 aromatic carbocycles. The number of ether oxygens (including phenoxy) is 1. The summed E-state index contributed by atoms with van der Waals surface area (Å²) in [5.41, 5.74) is 4.76. The second-order valence-corrected chi connectivity index (χ2v) is 5.02. The largest absolute Gasteiger partial charge is 0.459 e. The van der Waals surface area contributed by atoms with E-state index in [0.29, 0.717) is 0 Å². The molecule has 0 aromatic heterocycles. The predicted octanol–water partition coefficient (Wildman–Crippen LogP) is 2.51. The van der Waals surface area contributed by atoms with Gasteiger partial charge in [-0.15, -0.1) is 0 Å². The van der Waals surface area contributed by atoms with E-state index in [1.807, 2.05) is 0 Å². The van der Waals surface area contributed by atoms with Crippen molar-refractivity contribution in [3.63, 3.8) is 0 Å². The Kier molecular flexibility index (Phi) is 4.40. The summed E-state index contributed by atoms with van der Waals surface area (Å²) in [6, 6.07) is 3.47. The smallest absolute Gasteiger partial charge is 0.326 e. The topological polar surface area (TPSA) is 52.3 Å². The molecule has 1 rings (SSSR count). The van der Waals surface area contributed by atoms with Crippen molar-refractivity contribution < 1.29 is 18.3 Å². The number of rotatable bonds is 3. The SMILES string of the molecule is CC(C)(C)OC(=O)[C@@H](N)[C@@H](F)c1cccc(F)c1. The fourth-order valence-corrected chi connectivity index (χ4v) is 1.37. The molecule has 0 aliphatic carbocycles. The van der Waals surface area contributed by atoms with Crippen LogP contribution in [0.2, 0.25) is 0 Å². The minimum absolute atomic E-state index is 0.0216. The zero-order valence-corrected chi connectivity index (χ0v) is 10.6. The van der Waals surface area contributed by atoms with Gasteiger partial charge in [0.1, 0.15) is 17.5 Å². The van der Waals surface area contributed by atoms with Crippen LogP contribution in [-0.4, -0.2) is 17.6 Å². The Hall–Kier alpha value is -1.49. The normalized spacial score (nSPS) is 15.0. The van der Waals surface area contributed by atoms with Crippen LogP contribution in [0.25, 0.3) is 0 Å². The van der Waals surface area contributed by atoms with Gasteiger partial charge in [-0.05, 0) is 38.5 Å². The molecule has 0 fully saturated rings. The highest BCUT2D eigenvalue weighted by Gasteiger charge is 2.30. The van der Waals surface area contributed by atoms with Crippen LogP contribution in [0.15, 0.2) is 24.3 Å². The van der Waals surface area contributed by atoms with Gasteiger partial charge in [0.15, 0.2) is 6.17 Å². The van der Waals surface area contributed by atoms with Gasteiger partial charge in [0.25, 0.3) is 0 Å². The first-order chi connectivity index (χ1) is 8.20. The van der Waals surface area contributed by atoms with Crippen molar-refractivity contribution >= 4 is 5.97 Å². The molecule has 0 bridgehead atoms. The maximum atomic E-state index is 13.9. The van der Waals surface area contributed by atoms with Crippen LogP contribution < -0.4 is 5.73 Å². The maximum absolute atomic E-state index is 13.9. The molecule has 0 aliphatic rings. The van der Waals surface area contributed by atoms with Gasteiger partial charge in [0.05, 0.1) is 0 Å². The van der Waals surface area contributed by atoms with Crippen molar-refractivity contribution in [2.75, 3.05) is 0 Å². The number of alkyl halides is 1. The molecule has 0 saturated carbocycles. The van der Waals surface area contributed by atoms with Crippen molar-refractivity contribution in [2.24, 2.45) is 5.73 Å². The summed E-state index contributed by atoms with van der Waals surface area (Å²) in [6.45, 7) is 4.98. The van der Waals surface area contributed by atoms with E-state index < -0.39 is 29.6 Å². The third-order valence-electron chi connectivity index (χ3n) is 2.16. The summed E-state index contributed by atoms with van der Waals surface area (Å²) in [6.07, 6.45) is -1.80. The molecule has 2 N–H and O–H groups in total. The van der Waals surface area contributed by atoms with Crippen LogP contribution in [0.3, 0.4) is 0 Å². The quantitative estimate of drug-likeness (QED) is 0.846. The van der Waals surface area contributed by atoms with Crippen LogP contribution in [0, 0.1) is 5.82 Å². The minimum atomic E-state index is -1.80. The van der Waals surface area contributed by atoms with E-state index in [4.69, 9.17) is 10.5 Å². The van der Waals surface area contributed by atoms with Crippen molar-refractivity contribution in [2.45, 2.75) is 38.6 Å². The lowest BCUT2D eigenvalue weighted by molar-refractivity contribution is -0.158. The van der Waals surface area contributed by atoms with E-state index in [9.17, 15) is 13.6 Å². The average Bonchev–Trinajstić information content (AvgIpc) is 2.24. The number of halogens is 2. The molecule has 2 atom stereocenters.